The quantitative estimate of drug-likeness (QED) is 0.915. The molecule has 0 spiro atoms. The van der Waals surface area contributed by atoms with Gasteiger partial charge in [-0.1, -0.05) is 0 Å². The fourth-order valence-electron chi connectivity index (χ4n) is 4.33. The van der Waals surface area contributed by atoms with E-state index in [1.165, 1.54) is 12.1 Å². The van der Waals surface area contributed by atoms with E-state index in [1.54, 1.807) is 0 Å². The van der Waals surface area contributed by atoms with Crippen LogP contribution in [0.4, 0.5) is 0 Å². The summed E-state index contributed by atoms with van der Waals surface area (Å²) in [5.74, 6) is 0.591. The lowest BCUT2D eigenvalue weighted by Gasteiger charge is -2.35. The molecule has 1 amide bonds. The molecule has 0 radical (unpaired) electrons. The van der Waals surface area contributed by atoms with E-state index < -0.39 is 0 Å². The van der Waals surface area contributed by atoms with Crippen LogP contribution in [0.2, 0.25) is 0 Å². The third-order valence-electron chi connectivity index (χ3n) is 5.47. The maximum absolute atomic E-state index is 13.0. The van der Waals surface area contributed by atoms with E-state index in [0.717, 1.165) is 30.5 Å². The second-order valence-corrected chi connectivity index (χ2v) is 7.67. The Morgan fingerprint density at radius 2 is 2.15 bits per heavy atom. The number of fused-ring (bicyclic) bond motifs is 1. The van der Waals surface area contributed by atoms with Gasteiger partial charge in [0.05, 0.1) is 12.2 Å². The summed E-state index contributed by atoms with van der Waals surface area (Å²) in [6.07, 6.45) is 4.31. The maximum Gasteiger partial charge on any atom is 0.242 e. The van der Waals surface area contributed by atoms with Crippen molar-refractivity contribution >= 4 is 16.9 Å². The summed E-state index contributed by atoms with van der Waals surface area (Å²) in [5, 5.41) is 4.60. The monoisotopic (exact) mass is 356 g/mol. The molecule has 2 aliphatic heterocycles. The normalized spacial score (nSPS) is 27.0. The highest BCUT2D eigenvalue weighted by molar-refractivity contribution is 5.82. The minimum atomic E-state index is 0.0873. The number of carbonyl (C=O) groups is 1. The summed E-state index contributed by atoms with van der Waals surface area (Å²) in [4.78, 5) is 19.6. The predicted molar refractivity (Wildman–Crippen MR) is 101 cm³/mol. The zero-order valence-corrected chi connectivity index (χ0v) is 15.6. The van der Waals surface area contributed by atoms with Gasteiger partial charge in [-0.05, 0) is 51.4 Å². The third kappa shape index (κ3) is 3.48. The predicted octanol–water partition coefficient (Wildman–Crippen LogP) is 2.14. The minimum absolute atomic E-state index is 0.0873. The van der Waals surface area contributed by atoms with Crippen LogP contribution in [0.15, 0.2) is 24.4 Å². The number of carbonyl (C=O) groups excluding carboxylic acids is 1. The summed E-state index contributed by atoms with van der Waals surface area (Å²) in [5.41, 5.74) is 2.14. The van der Waals surface area contributed by atoms with E-state index in [2.05, 4.69) is 27.0 Å². The van der Waals surface area contributed by atoms with E-state index in [4.69, 9.17) is 4.74 Å². The first-order valence-corrected chi connectivity index (χ1v) is 9.70. The summed E-state index contributed by atoms with van der Waals surface area (Å²) in [6, 6.07) is 6.27. The molecule has 140 valence electrons. The molecule has 4 rings (SSSR count). The molecule has 0 aliphatic carbocycles. The van der Waals surface area contributed by atoms with Gasteiger partial charge in [-0.3, -0.25) is 4.79 Å². The van der Waals surface area contributed by atoms with Gasteiger partial charge in [0.1, 0.15) is 12.2 Å². The van der Waals surface area contributed by atoms with Gasteiger partial charge in [-0.2, -0.15) is 0 Å². The van der Waals surface area contributed by atoms with E-state index in [-0.39, 0.29) is 18.1 Å². The second kappa shape index (κ2) is 7.37. The number of pyridine rings is 1. The van der Waals surface area contributed by atoms with Crippen molar-refractivity contribution in [3.05, 3.63) is 30.1 Å². The van der Waals surface area contributed by atoms with E-state index in [0.29, 0.717) is 25.6 Å². The van der Waals surface area contributed by atoms with Crippen LogP contribution in [0.5, 0.6) is 0 Å². The van der Waals surface area contributed by atoms with Gasteiger partial charge in [0.2, 0.25) is 5.91 Å². The number of hydrogen-bond acceptors (Lipinski definition) is 4. The van der Waals surface area contributed by atoms with Gasteiger partial charge in [0, 0.05) is 42.8 Å². The molecule has 0 unspecified atom stereocenters. The number of amides is 1. The Morgan fingerprint density at radius 3 is 2.88 bits per heavy atom. The van der Waals surface area contributed by atoms with E-state index in [9.17, 15) is 4.79 Å². The van der Waals surface area contributed by atoms with Crippen molar-refractivity contribution in [2.75, 3.05) is 26.2 Å². The molecule has 3 atom stereocenters. The second-order valence-electron chi connectivity index (χ2n) is 7.67. The molecular formula is C20H28N4O2. The number of aromatic nitrogens is 2. The lowest BCUT2D eigenvalue weighted by molar-refractivity contribution is -0.143. The first-order valence-electron chi connectivity index (χ1n) is 9.70. The Balaban J connectivity index is 1.63. The number of piperidine rings is 1. The van der Waals surface area contributed by atoms with Crippen LogP contribution < -0.4 is 5.32 Å². The number of morpholine rings is 1. The lowest BCUT2D eigenvalue weighted by Crippen LogP contribution is -2.49. The van der Waals surface area contributed by atoms with E-state index >= 15 is 0 Å². The largest absolute Gasteiger partial charge is 0.372 e. The van der Waals surface area contributed by atoms with Crippen molar-refractivity contribution in [3.8, 4) is 0 Å². The molecule has 0 aromatic carbocycles. The van der Waals surface area contributed by atoms with Crippen molar-refractivity contribution in [1.82, 2.24) is 19.8 Å². The van der Waals surface area contributed by atoms with Crippen molar-refractivity contribution in [2.24, 2.45) is 0 Å². The Morgan fingerprint density at radius 1 is 1.35 bits per heavy atom. The standard InChI is InChI=1S/C20H28N4O2/c1-14-11-23(12-15(2)26-14)19(25)13-24-18(17-6-3-7-21-10-17)9-16-5-4-8-22-20(16)24/h4-5,8-9,14-15,17,21H,3,6-7,10-13H2,1-2H3/t14-,15+,17-/m0/s1. The Kier molecular flexibility index (Phi) is 4.96. The summed E-state index contributed by atoms with van der Waals surface area (Å²) >= 11 is 0. The third-order valence-corrected chi connectivity index (χ3v) is 5.47. The van der Waals surface area contributed by atoms with Crippen LogP contribution in [-0.2, 0) is 16.1 Å². The smallest absolute Gasteiger partial charge is 0.242 e. The first-order chi connectivity index (χ1) is 12.6. The number of hydrogen-bond donors (Lipinski definition) is 1. The van der Waals surface area contributed by atoms with Crippen molar-refractivity contribution in [3.63, 3.8) is 0 Å². The van der Waals surface area contributed by atoms with Crippen LogP contribution in [0.1, 0.15) is 38.3 Å². The van der Waals surface area contributed by atoms with Crippen molar-refractivity contribution in [1.29, 1.82) is 0 Å². The molecule has 6 nitrogen and oxygen atoms in total. The van der Waals surface area contributed by atoms with Gasteiger partial charge >= 0.3 is 0 Å². The van der Waals surface area contributed by atoms with Gasteiger partial charge in [0.15, 0.2) is 0 Å². The number of nitrogens with zero attached hydrogens (tertiary/aromatic N) is 3. The molecule has 2 aromatic rings. The number of nitrogens with one attached hydrogen (secondary N) is 1. The summed E-state index contributed by atoms with van der Waals surface area (Å²) < 4.78 is 7.91. The molecular weight excluding hydrogens is 328 g/mol. The maximum atomic E-state index is 13.0. The zero-order valence-electron chi connectivity index (χ0n) is 15.6. The highest BCUT2D eigenvalue weighted by Crippen LogP contribution is 2.29. The molecule has 1 N–H and O–H groups in total. The molecule has 2 saturated heterocycles. The molecule has 2 fully saturated rings. The Labute approximate surface area is 154 Å². The van der Waals surface area contributed by atoms with Crippen LogP contribution in [0, 0.1) is 0 Å². The van der Waals surface area contributed by atoms with E-state index in [1.807, 2.05) is 31.0 Å². The van der Waals surface area contributed by atoms with Gasteiger partial charge in [0.25, 0.3) is 0 Å². The highest BCUT2D eigenvalue weighted by atomic mass is 16.5. The first kappa shape index (κ1) is 17.5. The fraction of sp³-hybridized carbons (Fsp3) is 0.600. The van der Waals surface area contributed by atoms with Gasteiger partial charge in [-0.15, -0.1) is 0 Å². The van der Waals surface area contributed by atoms with Gasteiger partial charge in [-0.25, -0.2) is 4.98 Å². The highest BCUT2D eigenvalue weighted by Gasteiger charge is 2.28. The molecule has 0 bridgehead atoms. The SMILES string of the molecule is C[C@@H]1CN(C(=O)Cn2c([C@H]3CCCNC3)cc3cccnc32)C[C@H](C)O1. The fourth-order valence-corrected chi connectivity index (χ4v) is 4.33. The van der Waals surface area contributed by atoms with Crippen molar-refractivity contribution < 1.29 is 9.53 Å². The molecule has 4 heterocycles. The summed E-state index contributed by atoms with van der Waals surface area (Å²) in [7, 11) is 0. The Bertz CT molecular complexity index is 771. The van der Waals surface area contributed by atoms with Crippen LogP contribution in [0.25, 0.3) is 11.0 Å². The average Bonchev–Trinajstić information content (AvgIpc) is 3.00. The lowest BCUT2D eigenvalue weighted by atomic mass is 9.96. The summed E-state index contributed by atoms with van der Waals surface area (Å²) in [6.45, 7) is 7.79. The number of ether oxygens (including phenoxy) is 1. The van der Waals surface area contributed by atoms with Crippen molar-refractivity contribution in [2.45, 2.75) is 51.4 Å². The topological polar surface area (TPSA) is 59.4 Å². The zero-order chi connectivity index (χ0) is 18.1. The van der Waals surface area contributed by atoms with Crippen LogP contribution in [0.3, 0.4) is 0 Å². The average molecular weight is 356 g/mol. The molecule has 0 saturated carbocycles. The number of rotatable bonds is 3. The molecule has 6 heteroatoms. The van der Waals surface area contributed by atoms with Crippen LogP contribution >= 0.6 is 0 Å². The minimum Gasteiger partial charge on any atom is -0.372 e. The molecule has 2 aliphatic rings. The molecule has 2 aromatic heterocycles. The molecule has 26 heavy (non-hydrogen) atoms. The Hall–Kier alpha value is -1.92. The van der Waals surface area contributed by atoms with Gasteiger partial charge < -0.3 is 19.5 Å². The van der Waals surface area contributed by atoms with Crippen LogP contribution in [-0.4, -0.2) is 58.7 Å².